The fraction of sp³-hybridized carbons (Fsp3) is 0.500. The number of ether oxygens (including phenoxy) is 1. The summed E-state index contributed by atoms with van der Waals surface area (Å²) >= 11 is 0. The van der Waals surface area contributed by atoms with Crippen LogP contribution in [0.5, 0.6) is 0 Å². The largest absolute Gasteiger partial charge is 0.371 e. The quantitative estimate of drug-likeness (QED) is 0.440. The standard InChI is InChI=1S/C26H30F5N3O4S/c1-39(36,37)19-3-5-22(32-8-6-26(30,31)7-9-32)20(15-19)25(35)34-12-10-33(11-13-34)23-4-2-18(14-21(23)27)16-38-17-24(28)29/h2-5,14-15,24H,6-13,16-17H2,1H3. The van der Waals surface area contributed by atoms with E-state index in [9.17, 15) is 35.2 Å². The van der Waals surface area contributed by atoms with Crippen molar-refractivity contribution in [3.63, 3.8) is 0 Å². The molecule has 0 radical (unpaired) electrons. The number of piperazine rings is 1. The van der Waals surface area contributed by atoms with Crippen LogP contribution in [0, 0.1) is 5.82 Å². The number of alkyl halides is 4. The lowest BCUT2D eigenvalue weighted by molar-refractivity contribution is -0.0220. The van der Waals surface area contributed by atoms with Gasteiger partial charge in [0, 0.05) is 64.1 Å². The van der Waals surface area contributed by atoms with Gasteiger partial charge in [-0.1, -0.05) is 6.07 Å². The van der Waals surface area contributed by atoms with Gasteiger partial charge in [0.15, 0.2) is 9.84 Å². The molecule has 2 aromatic rings. The maximum absolute atomic E-state index is 14.8. The molecule has 7 nitrogen and oxygen atoms in total. The van der Waals surface area contributed by atoms with E-state index < -0.39 is 40.5 Å². The molecule has 2 saturated heterocycles. The van der Waals surface area contributed by atoms with Crippen LogP contribution in [0.2, 0.25) is 0 Å². The number of sulfone groups is 1. The molecular formula is C26H30F5N3O4S. The van der Waals surface area contributed by atoms with E-state index in [1.165, 1.54) is 35.2 Å². The van der Waals surface area contributed by atoms with E-state index >= 15 is 0 Å². The molecule has 0 saturated carbocycles. The minimum atomic E-state index is -3.62. The average molecular weight is 576 g/mol. The van der Waals surface area contributed by atoms with Crippen molar-refractivity contribution in [2.75, 3.05) is 61.9 Å². The van der Waals surface area contributed by atoms with Gasteiger partial charge in [-0.2, -0.15) is 0 Å². The number of carbonyl (C=O) groups is 1. The van der Waals surface area contributed by atoms with Crippen molar-refractivity contribution in [2.45, 2.75) is 36.7 Å². The van der Waals surface area contributed by atoms with Crippen LogP contribution in [-0.4, -0.2) is 83.7 Å². The average Bonchev–Trinajstić information content (AvgIpc) is 2.87. The first-order chi connectivity index (χ1) is 18.3. The van der Waals surface area contributed by atoms with E-state index in [2.05, 4.69) is 0 Å². The van der Waals surface area contributed by atoms with Crippen molar-refractivity contribution in [1.82, 2.24) is 4.90 Å². The molecule has 39 heavy (non-hydrogen) atoms. The summed E-state index contributed by atoms with van der Waals surface area (Å²) in [4.78, 5) is 18.5. The Balaban J connectivity index is 1.47. The van der Waals surface area contributed by atoms with Crippen LogP contribution in [0.1, 0.15) is 28.8 Å². The van der Waals surface area contributed by atoms with Gasteiger partial charge in [-0.25, -0.2) is 30.4 Å². The van der Waals surface area contributed by atoms with Crippen LogP contribution < -0.4 is 9.80 Å². The van der Waals surface area contributed by atoms with Crippen LogP contribution in [0.4, 0.5) is 33.3 Å². The Hall–Kier alpha value is -2.93. The van der Waals surface area contributed by atoms with Gasteiger partial charge in [-0.3, -0.25) is 4.79 Å². The van der Waals surface area contributed by atoms with Gasteiger partial charge >= 0.3 is 0 Å². The van der Waals surface area contributed by atoms with Gasteiger partial charge in [-0.05, 0) is 35.9 Å². The lowest BCUT2D eigenvalue weighted by Crippen LogP contribution is -2.49. The second kappa shape index (κ2) is 11.7. The fourth-order valence-corrected chi connectivity index (χ4v) is 5.40. The Kier molecular flexibility index (Phi) is 8.69. The minimum Gasteiger partial charge on any atom is -0.371 e. The molecule has 1 amide bonds. The highest BCUT2D eigenvalue weighted by molar-refractivity contribution is 7.90. The van der Waals surface area contributed by atoms with Crippen LogP contribution >= 0.6 is 0 Å². The van der Waals surface area contributed by atoms with E-state index in [4.69, 9.17) is 4.74 Å². The summed E-state index contributed by atoms with van der Waals surface area (Å²) in [5, 5.41) is 0. The summed E-state index contributed by atoms with van der Waals surface area (Å²) in [6.45, 7) is 0.202. The normalized spacial score (nSPS) is 18.1. The highest BCUT2D eigenvalue weighted by atomic mass is 32.2. The number of nitrogens with zero attached hydrogens (tertiary/aromatic N) is 3. The van der Waals surface area contributed by atoms with Crippen LogP contribution in [0.3, 0.4) is 0 Å². The first kappa shape index (κ1) is 29.1. The SMILES string of the molecule is CS(=O)(=O)c1ccc(N2CCC(F)(F)CC2)c(C(=O)N2CCN(c3ccc(COCC(F)F)cc3F)CC2)c1. The third-order valence-corrected chi connectivity index (χ3v) is 8.00. The van der Waals surface area contributed by atoms with Gasteiger partial charge in [0.1, 0.15) is 12.4 Å². The monoisotopic (exact) mass is 575 g/mol. The van der Waals surface area contributed by atoms with Crippen LogP contribution in [0.15, 0.2) is 41.3 Å². The Labute approximate surface area is 224 Å². The molecule has 4 rings (SSSR count). The van der Waals surface area contributed by atoms with E-state index in [-0.39, 0.29) is 56.1 Å². The molecule has 0 atom stereocenters. The van der Waals surface area contributed by atoms with E-state index in [0.717, 1.165) is 6.26 Å². The highest BCUT2D eigenvalue weighted by Gasteiger charge is 2.36. The molecule has 2 aliphatic heterocycles. The summed E-state index contributed by atoms with van der Waals surface area (Å²) in [7, 11) is -3.62. The Morgan fingerprint density at radius 2 is 1.56 bits per heavy atom. The smallest absolute Gasteiger partial charge is 0.261 e. The molecule has 0 bridgehead atoms. The number of anilines is 2. The van der Waals surface area contributed by atoms with Gasteiger partial charge in [0.25, 0.3) is 18.3 Å². The van der Waals surface area contributed by atoms with Crippen molar-refractivity contribution in [1.29, 1.82) is 0 Å². The molecule has 2 heterocycles. The molecule has 2 fully saturated rings. The molecular weight excluding hydrogens is 545 g/mol. The fourth-order valence-electron chi connectivity index (χ4n) is 4.75. The number of hydrogen-bond acceptors (Lipinski definition) is 6. The van der Waals surface area contributed by atoms with Crippen LogP contribution in [0.25, 0.3) is 0 Å². The van der Waals surface area contributed by atoms with Crippen molar-refractivity contribution in [3.8, 4) is 0 Å². The Morgan fingerprint density at radius 1 is 0.949 bits per heavy atom. The molecule has 2 aromatic carbocycles. The van der Waals surface area contributed by atoms with Crippen molar-refractivity contribution < 1.29 is 39.9 Å². The Bertz CT molecular complexity index is 1290. The first-order valence-corrected chi connectivity index (χ1v) is 14.4. The summed E-state index contributed by atoms with van der Waals surface area (Å²) in [6, 6.07) is 8.51. The van der Waals surface area contributed by atoms with Gasteiger partial charge in [0.2, 0.25) is 0 Å². The molecule has 214 valence electrons. The number of hydrogen-bond donors (Lipinski definition) is 0. The first-order valence-electron chi connectivity index (χ1n) is 12.5. The molecule has 0 N–H and O–H groups in total. The number of carbonyl (C=O) groups excluding carboxylic acids is 1. The predicted molar refractivity (Wildman–Crippen MR) is 136 cm³/mol. The molecule has 0 aliphatic carbocycles. The third kappa shape index (κ3) is 7.18. The Morgan fingerprint density at radius 3 is 2.15 bits per heavy atom. The maximum atomic E-state index is 14.8. The summed E-state index contributed by atoms with van der Waals surface area (Å²) in [6.07, 6.45) is -2.31. The number of piperidine rings is 1. The molecule has 0 spiro atoms. The zero-order valence-corrected chi connectivity index (χ0v) is 22.2. The molecule has 0 aromatic heterocycles. The maximum Gasteiger partial charge on any atom is 0.261 e. The zero-order valence-electron chi connectivity index (χ0n) is 21.4. The van der Waals surface area contributed by atoms with Gasteiger partial charge < -0.3 is 19.4 Å². The zero-order chi connectivity index (χ0) is 28.4. The number of amides is 1. The topological polar surface area (TPSA) is 70.2 Å². The highest BCUT2D eigenvalue weighted by Crippen LogP contribution is 2.34. The number of halogens is 5. The van der Waals surface area contributed by atoms with Gasteiger partial charge in [-0.15, -0.1) is 0 Å². The molecule has 2 aliphatic rings. The number of benzene rings is 2. The van der Waals surface area contributed by atoms with Crippen molar-refractivity contribution in [3.05, 3.63) is 53.3 Å². The summed E-state index contributed by atoms with van der Waals surface area (Å²) in [5.74, 6) is -3.76. The van der Waals surface area contributed by atoms with Crippen molar-refractivity contribution >= 4 is 27.1 Å². The van der Waals surface area contributed by atoms with Gasteiger partial charge in [0.05, 0.1) is 22.8 Å². The number of rotatable bonds is 8. The lowest BCUT2D eigenvalue weighted by Gasteiger charge is -2.38. The second-order valence-electron chi connectivity index (χ2n) is 9.77. The third-order valence-electron chi connectivity index (χ3n) is 6.89. The van der Waals surface area contributed by atoms with Crippen LogP contribution in [-0.2, 0) is 21.2 Å². The summed E-state index contributed by atoms with van der Waals surface area (Å²) < 4.78 is 95.9. The summed E-state index contributed by atoms with van der Waals surface area (Å²) in [5.41, 5.74) is 1.24. The minimum absolute atomic E-state index is 0.0295. The second-order valence-corrected chi connectivity index (χ2v) is 11.8. The molecule has 0 unspecified atom stereocenters. The van der Waals surface area contributed by atoms with E-state index in [1.807, 2.05) is 0 Å². The predicted octanol–water partition coefficient (Wildman–Crippen LogP) is 4.21. The van der Waals surface area contributed by atoms with E-state index in [1.54, 1.807) is 15.9 Å². The van der Waals surface area contributed by atoms with E-state index in [0.29, 0.717) is 30.0 Å². The van der Waals surface area contributed by atoms with Crippen molar-refractivity contribution in [2.24, 2.45) is 0 Å². The molecule has 13 heteroatoms. The lowest BCUT2D eigenvalue weighted by atomic mass is 10.0.